The van der Waals surface area contributed by atoms with Crippen molar-refractivity contribution < 1.29 is 4.79 Å². The van der Waals surface area contributed by atoms with Gasteiger partial charge in [-0.25, -0.2) is 4.98 Å². The zero-order chi connectivity index (χ0) is 17.4. The van der Waals surface area contributed by atoms with Gasteiger partial charge in [-0.15, -0.1) is 0 Å². The summed E-state index contributed by atoms with van der Waals surface area (Å²) in [5.41, 5.74) is 1.98. The second-order valence-corrected chi connectivity index (χ2v) is 6.70. The van der Waals surface area contributed by atoms with Crippen molar-refractivity contribution >= 4 is 23.3 Å². The molecule has 6 heteroatoms. The zero-order valence-electron chi connectivity index (χ0n) is 13.7. The molecule has 0 aliphatic heterocycles. The van der Waals surface area contributed by atoms with Crippen LogP contribution in [-0.4, -0.2) is 20.7 Å². The Morgan fingerprint density at radius 2 is 2.04 bits per heavy atom. The van der Waals surface area contributed by atoms with Crippen LogP contribution in [0, 0.1) is 12.8 Å². The molecule has 126 valence electrons. The van der Waals surface area contributed by atoms with Gasteiger partial charge < -0.3 is 5.32 Å². The average molecular weight is 353 g/mol. The summed E-state index contributed by atoms with van der Waals surface area (Å²) in [4.78, 5) is 16.9. The van der Waals surface area contributed by atoms with Crippen LogP contribution in [0.1, 0.15) is 23.6 Å². The maximum atomic E-state index is 12.6. The van der Waals surface area contributed by atoms with Gasteiger partial charge >= 0.3 is 0 Å². The summed E-state index contributed by atoms with van der Waals surface area (Å²) in [6.45, 7) is 1.89. The third-order valence-corrected chi connectivity index (χ3v) is 4.63. The van der Waals surface area contributed by atoms with Gasteiger partial charge in [0.15, 0.2) is 5.82 Å². The molecule has 0 saturated heterocycles. The predicted molar refractivity (Wildman–Crippen MR) is 97.0 cm³/mol. The quantitative estimate of drug-likeness (QED) is 0.772. The fourth-order valence-electron chi connectivity index (χ4n) is 3.02. The van der Waals surface area contributed by atoms with Crippen molar-refractivity contribution in [3.8, 4) is 5.82 Å². The van der Waals surface area contributed by atoms with Crippen molar-refractivity contribution in [2.45, 2.75) is 19.3 Å². The minimum atomic E-state index is -0.0198. The first kappa shape index (κ1) is 15.8. The molecule has 0 unspecified atom stereocenters. The summed E-state index contributed by atoms with van der Waals surface area (Å²) in [6.07, 6.45) is 2.56. The maximum Gasteiger partial charge on any atom is 0.229 e. The van der Waals surface area contributed by atoms with Gasteiger partial charge in [-0.1, -0.05) is 29.8 Å². The first-order valence-corrected chi connectivity index (χ1v) is 8.54. The molecule has 1 aromatic carbocycles. The van der Waals surface area contributed by atoms with Crippen LogP contribution >= 0.6 is 11.6 Å². The Hall–Kier alpha value is -2.66. The molecule has 0 radical (unpaired) electrons. The lowest BCUT2D eigenvalue weighted by molar-refractivity contribution is -0.117. The first-order valence-electron chi connectivity index (χ1n) is 8.16. The molecule has 0 bridgehead atoms. The van der Waals surface area contributed by atoms with Crippen molar-refractivity contribution in [2.75, 3.05) is 5.32 Å². The fraction of sp³-hybridized carbons (Fsp3) is 0.211. The van der Waals surface area contributed by atoms with Gasteiger partial charge in [-0.05, 0) is 49.1 Å². The number of aryl methyl sites for hydroxylation is 1. The molecule has 1 amide bonds. The van der Waals surface area contributed by atoms with Gasteiger partial charge in [0.2, 0.25) is 5.91 Å². The number of rotatable bonds is 4. The number of carbonyl (C=O) groups excluding carboxylic acids is 1. The van der Waals surface area contributed by atoms with Crippen molar-refractivity contribution in [3.05, 3.63) is 71.0 Å². The molecule has 2 atom stereocenters. The van der Waals surface area contributed by atoms with Crippen LogP contribution in [-0.2, 0) is 4.79 Å². The summed E-state index contributed by atoms with van der Waals surface area (Å²) in [5, 5.41) is 8.13. The summed E-state index contributed by atoms with van der Waals surface area (Å²) >= 11 is 5.93. The first-order chi connectivity index (χ1) is 12.1. The largest absolute Gasteiger partial charge is 0.310 e. The van der Waals surface area contributed by atoms with E-state index >= 15 is 0 Å². The summed E-state index contributed by atoms with van der Waals surface area (Å²) in [7, 11) is 0. The molecule has 3 aromatic rings. The summed E-state index contributed by atoms with van der Waals surface area (Å²) in [5.74, 6) is 1.56. The number of pyridine rings is 1. The number of aromatic nitrogens is 3. The number of nitrogens with zero attached hydrogens (tertiary/aromatic N) is 3. The van der Waals surface area contributed by atoms with Gasteiger partial charge in [0.25, 0.3) is 0 Å². The topological polar surface area (TPSA) is 59.8 Å². The highest BCUT2D eigenvalue weighted by Crippen LogP contribution is 2.48. The van der Waals surface area contributed by atoms with Gasteiger partial charge in [-0.3, -0.25) is 4.79 Å². The summed E-state index contributed by atoms with van der Waals surface area (Å²) < 4.78 is 1.66. The molecule has 1 aliphatic carbocycles. The SMILES string of the molecule is Cc1cc(NC(=O)[C@H]2C[C@H]2c2ccc(Cl)cc2)n(-c2ccccn2)n1. The van der Waals surface area contributed by atoms with E-state index in [1.807, 2.05) is 55.5 Å². The lowest BCUT2D eigenvalue weighted by Gasteiger charge is -2.08. The normalized spacial score (nSPS) is 18.8. The molecule has 25 heavy (non-hydrogen) atoms. The average Bonchev–Trinajstić information content (AvgIpc) is 3.34. The number of hydrogen-bond donors (Lipinski definition) is 1. The van der Waals surface area contributed by atoms with E-state index in [-0.39, 0.29) is 17.7 Å². The molecule has 4 rings (SSSR count). The molecule has 1 fully saturated rings. The third kappa shape index (κ3) is 3.28. The highest BCUT2D eigenvalue weighted by atomic mass is 35.5. The molecule has 1 aliphatic rings. The number of hydrogen-bond acceptors (Lipinski definition) is 3. The van der Waals surface area contributed by atoms with E-state index < -0.39 is 0 Å². The van der Waals surface area contributed by atoms with E-state index in [0.717, 1.165) is 17.7 Å². The standard InChI is InChI=1S/C19H17ClN4O/c1-12-10-18(24(23-12)17-4-2-3-9-21-17)22-19(25)16-11-15(16)13-5-7-14(20)8-6-13/h2-10,15-16H,11H2,1H3,(H,22,25)/t15-,16-/m0/s1. The Kier molecular flexibility index (Phi) is 4.01. The minimum Gasteiger partial charge on any atom is -0.310 e. The summed E-state index contributed by atoms with van der Waals surface area (Å²) in [6, 6.07) is 15.2. The minimum absolute atomic E-state index is 0.0111. The van der Waals surface area contributed by atoms with Crippen LogP contribution in [0.4, 0.5) is 5.82 Å². The second-order valence-electron chi connectivity index (χ2n) is 6.26. The van der Waals surface area contributed by atoms with Gasteiger partial charge in [0.05, 0.1) is 5.69 Å². The monoisotopic (exact) mass is 352 g/mol. The molecule has 1 N–H and O–H groups in total. The molecular formula is C19H17ClN4O. The van der Waals surface area contributed by atoms with Crippen LogP contribution in [0.5, 0.6) is 0 Å². The molecule has 1 saturated carbocycles. The zero-order valence-corrected chi connectivity index (χ0v) is 14.4. The van der Waals surface area contributed by atoms with Crippen molar-refractivity contribution in [2.24, 2.45) is 5.92 Å². The Balaban J connectivity index is 1.50. The lowest BCUT2D eigenvalue weighted by Crippen LogP contribution is -2.17. The van der Waals surface area contributed by atoms with E-state index in [1.54, 1.807) is 10.9 Å². The molecule has 2 heterocycles. The highest BCUT2D eigenvalue weighted by molar-refractivity contribution is 6.30. The van der Waals surface area contributed by atoms with E-state index in [0.29, 0.717) is 16.7 Å². The van der Waals surface area contributed by atoms with E-state index in [9.17, 15) is 4.79 Å². The Bertz CT molecular complexity index is 905. The van der Waals surface area contributed by atoms with Crippen molar-refractivity contribution in [1.82, 2.24) is 14.8 Å². The van der Waals surface area contributed by atoms with E-state index in [1.165, 1.54) is 0 Å². The lowest BCUT2D eigenvalue weighted by atomic mass is 10.1. The Morgan fingerprint density at radius 3 is 2.76 bits per heavy atom. The Morgan fingerprint density at radius 1 is 1.24 bits per heavy atom. The van der Waals surface area contributed by atoms with Gasteiger partial charge in [0, 0.05) is 23.2 Å². The van der Waals surface area contributed by atoms with E-state index in [4.69, 9.17) is 11.6 Å². The number of halogens is 1. The van der Waals surface area contributed by atoms with Crippen LogP contribution in [0.2, 0.25) is 5.02 Å². The number of benzene rings is 1. The molecule has 5 nitrogen and oxygen atoms in total. The van der Waals surface area contributed by atoms with Crippen LogP contribution in [0.25, 0.3) is 5.82 Å². The second kappa shape index (κ2) is 6.33. The molecular weight excluding hydrogens is 336 g/mol. The number of carbonyl (C=O) groups is 1. The van der Waals surface area contributed by atoms with Gasteiger partial charge in [-0.2, -0.15) is 9.78 Å². The van der Waals surface area contributed by atoms with Crippen LogP contribution < -0.4 is 5.32 Å². The smallest absolute Gasteiger partial charge is 0.229 e. The van der Waals surface area contributed by atoms with Crippen molar-refractivity contribution in [3.63, 3.8) is 0 Å². The maximum absolute atomic E-state index is 12.6. The third-order valence-electron chi connectivity index (χ3n) is 4.37. The highest BCUT2D eigenvalue weighted by Gasteiger charge is 2.44. The van der Waals surface area contributed by atoms with Gasteiger partial charge in [0.1, 0.15) is 5.82 Å². The van der Waals surface area contributed by atoms with E-state index in [2.05, 4.69) is 15.4 Å². The fourth-order valence-corrected chi connectivity index (χ4v) is 3.15. The van der Waals surface area contributed by atoms with Crippen LogP contribution in [0.3, 0.4) is 0 Å². The van der Waals surface area contributed by atoms with Crippen molar-refractivity contribution in [1.29, 1.82) is 0 Å². The number of amides is 1. The number of anilines is 1. The number of nitrogens with one attached hydrogen (secondary N) is 1. The predicted octanol–water partition coefficient (Wildman–Crippen LogP) is 3.97. The Labute approximate surface area is 150 Å². The van der Waals surface area contributed by atoms with Crippen LogP contribution in [0.15, 0.2) is 54.7 Å². The molecule has 2 aromatic heterocycles. The molecule has 0 spiro atoms.